The van der Waals surface area contributed by atoms with Crippen molar-refractivity contribution in [3.63, 3.8) is 0 Å². The Kier molecular flexibility index (Phi) is 5.09. The van der Waals surface area contributed by atoms with Crippen LogP contribution in [0.25, 0.3) is 0 Å². The van der Waals surface area contributed by atoms with Crippen molar-refractivity contribution in [2.45, 2.75) is 40.2 Å². The van der Waals surface area contributed by atoms with E-state index in [1.165, 1.54) is 5.56 Å². The van der Waals surface area contributed by atoms with Gasteiger partial charge in [0.15, 0.2) is 11.5 Å². The van der Waals surface area contributed by atoms with Gasteiger partial charge >= 0.3 is 0 Å². The monoisotopic (exact) mass is 298 g/mol. The number of nitrogens with one attached hydrogen (secondary N) is 2. The van der Waals surface area contributed by atoms with Crippen LogP contribution >= 0.6 is 0 Å². The average Bonchev–Trinajstić information content (AvgIpc) is 2.51. The SMILES string of the molecule is CCC(C)NC(=O)c1ccc(Nc2cc(C)ccc2C)nn1. The first kappa shape index (κ1) is 15.9. The van der Waals surface area contributed by atoms with Crippen LogP contribution in [0, 0.1) is 13.8 Å². The summed E-state index contributed by atoms with van der Waals surface area (Å²) in [4.78, 5) is 11.9. The number of hydrogen-bond acceptors (Lipinski definition) is 4. The minimum Gasteiger partial charge on any atom is -0.348 e. The van der Waals surface area contributed by atoms with Crippen molar-refractivity contribution in [1.82, 2.24) is 15.5 Å². The number of amides is 1. The highest BCUT2D eigenvalue weighted by molar-refractivity contribution is 5.92. The molecule has 0 saturated carbocycles. The molecule has 0 aliphatic heterocycles. The summed E-state index contributed by atoms with van der Waals surface area (Å²) in [6.45, 7) is 8.05. The maximum absolute atomic E-state index is 11.9. The molecule has 5 heteroatoms. The third-order valence-electron chi connectivity index (χ3n) is 3.54. The molecule has 116 valence electrons. The zero-order valence-electron chi connectivity index (χ0n) is 13.5. The van der Waals surface area contributed by atoms with Crippen LogP contribution in [0.4, 0.5) is 11.5 Å². The first-order chi connectivity index (χ1) is 10.5. The molecule has 1 aromatic carbocycles. The fourth-order valence-corrected chi connectivity index (χ4v) is 1.93. The van der Waals surface area contributed by atoms with E-state index < -0.39 is 0 Å². The maximum Gasteiger partial charge on any atom is 0.272 e. The van der Waals surface area contributed by atoms with Crippen LogP contribution < -0.4 is 10.6 Å². The number of nitrogens with zero attached hydrogens (tertiary/aromatic N) is 2. The number of carbonyl (C=O) groups is 1. The molecule has 0 fully saturated rings. The Balaban J connectivity index is 2.09. The molecule has 2 N–H and O–H groups in total. The summed E-state index contributed by atoms with van der Waals surface area (Å²) >= 11 is 0. The Hall–Kier alpha value is -2.43. The molecule has 1 atom stereocenters. The molecule has 2 rings (SSSR count). The number of hydrogen-bond donors (Lipinski definition) is 2. The Bertz CT molecular complexity index is 652. The molecule has 0 bridgehead atoms. The van der Waals surface area contributed by atoms with Crippen LogP contribution in [0.1, 0.15) is 41.9 Å². The highest BCUT2D eigenvalue weighted by atomic mass is 16.2. The molecule has 22 heavy (non-hydrogen) atoms. The van der Waals surface area contributed by atoms with Crippen molar-refractivity contribution in [3.05, 3.63) is 47.2 Å². The summed E-state index contributed by atoms with van der Waals surface area (Å²) in [5.41, 5.74) is 3.62. The summed E-state index contributed by atoms with van der Waals surface area (Å²) in [5, 5.41) is 14.2. The van der Waals surface area contributed by atoms with Gasteiger partial charge in [0.2, 0.25) is 0 Å². The van der Waals surface area contributed by atoms with E-state index in [0.29, 0.717) is 11.5 Å². The summed E-state index contributed by atoms with van der Waals surface area (Å²) < 4.78 is 0. The van der Waals surface area contributed by atoms with E-state index in [-0.39, 0.29) is 11.9 Å². The zero-order valence-corrected chi connectivity index (χ0v) is 13.5. The molecule has 1 unspecified atom stereocenters. The molecule has 0 aliphatic rings. The first-order valence-corrected chi connectivity index (χ1v) is 7.48. The number of rotatable bonds is 5. The third-order valence-corrected chi connectivity index (χ3v) is 3.54. The second-order valence-electron chi connectivity index (χ2n) is 5.53. The van der Waals surface area contributed by atoms with Crippen molar-refractivity contribution in [2.24, 2.45) is 0 Å². The molecule has 1 amide bonds. The molecular formula is C17H22N4O. The van der Waals surface area contributed by atoms with E-state index in [1.54, 1.807) is 12.1 Å². The second-order valence-corrected chi connectivity index (χ2v) is 5.53. The zero-order chi connectivity index (χ0) is 16.1. The van der Waals surface area contributed by atoms with Gasteiger partial charge in [0.25, 0.3) is 5.91 Å². The largest absolute Gasteiger partial charge is 0.348 e. The quantitative estimate of drug-likeness (QED) is 0.888. The van der Waals surface area contributed by atoms with Gasteiger partial charge < -0.3 is 10.6 Å². The van der Waals surface area contributed by atoms with E-state index in [4.69, 9.17) is 0 Å². The lowest BCUT2D eigenvalue weighted by molar-refractivity contribution is 0.0933. The van der Waals surface area contributed by atoms with Crippen molar-refractivity contribution in [2.75, 3.05) is 5.32 Å². The van der Waals surface area contributed by atoms with Gasteiger partial charge in [-0.3, -0.25) is 4.79 Å². The van der Waals surface area contributed by atoms with Gasteiger partial charge in [-0.15, -0.1) is 10.2 Å². The Morgan fingerprint density at radius 1 is 1.18 bits per heavy atom. The minimum absolute atomic E-state index is 0.127. The van der Waals surface area contributed by atoms with Crippen LogP contribution in [0.2, 0.25) is 0 Å². The number of aromatic nitrogens is 2. The lowest BCUT2D eigenvalue weighted by atomic mass is 10.1. The van der Waals surface area contributed by atoms with Gasteiger partial charge in [0.1, 0.15) is 0 Å². The van der Waals surface area contributed by atoms with E-state index >= 15 is 0 Å². The molecule has 1 heterocycles. The van der Waals surface area contributed by atoms with Crippen molar-refractivity contribution < 1.29 is 4.79 Å². The van der Waals surface area contributed by atoms with Crippen molar-refractivity contribution in [3.8, 4) is 0 Å². The van der Waals surface area contributed by atoms with E-state index in [9.17, 15) is 4.79 Å². The number of anilines is 2. The lowest BCUT2D eigenvalue weighted by Crippen LogP contribution is -2.32. The molecule has 0 spiro atoms. The normalized spacial score (nSPS) is 11.8. The van der Waals surface area contributed by atoms with Crippen molar-refractivity contribution >= 4 is 17.4 Å². The average molecular weight is 298 g/mol. The summed E-state index contributed by atoms with van der Waals surface area (Å²) in [6, 6.07) is 9.74. The van der Waals surface area contributed by atoms with Crippen molar-refractivity contribution in [1.29, 1.82) is 0 Å². The van der Waals surface area contributed by atoms with Crippen LogP contribution in [0.3, 0.4) is 0 Å². The van der Waals surface area contributed by atoms with Gasteiger partial charge in [-0.25, -0.2) is 0 Å². The third kappa shape index (κ3) is 4.04. The lowest BCUT2D eigenvalue weighted by Gasteiger charge is -2.11. The molecular weight excluding hydrogens is 276 g/mol. The van der Waals surface area contributed by atoms with Gasteiger partial charge in [-0.05, 0) is 56.5 Å². The van der Waals surface area contributed by atoms with Crippen LogP contribution in [-0.4, -0.2) is 22.1 Å². The molecule has 0 aliphatic carbocycles. The van der Waals surface area contributed by atoms with Crippen LogP contribution in [0.15, 0.2) is 30.3 Å². The summed E-state index contributed by atoms with van der Waals surface area (Å²) in [7, 11) is 0. The molecule has 1 aromatic heterocycles. The van der Waals surface area contributed by atoms with Crippen LogP contribution in [-0.2, 0) is 0 Å². The smallest absolute Gasteiger partial charge is 0.272 e. The minimum atomic E-state index is -0.194. The fourth-order valence-electron chi connectivity index (χ4n) is 1.93. The van der Waals surface area contributed by atoms with Gasteiger partial charge in [-0.1, -0.05) is 19.1 Å². The van der Waals surface area contributed by atoms with Crippen LogP contribution in [0.5, 0.6) is 0 Å². The van der Waals surface area contributed by atoms with Gasteiger partial charge in [-0.2, -0.15) is 0 Å². The maximum atomic E-state index is 11.9. The highest BCUT2D eigenvalue weighted by Gasteiger charge is 2.10. The standard InChI is InChI=1S/C17H22N4O/c1-5-13(4)18-17(22)14-8-9-16(21-20-14)19-15-10-11(2)6-7-12(15)3/h6-10,13H,5H2,1-4H3,(H,18,22)(H,19,21). The summed E-state index contributed by atoms with van der Waals surface area (Å²) in [5.74, 6) is 0.425. The Morgan fingerprint density at radius 3 is 2.59 bits per heavy atom. The number of aryl methyl sites for hydroxylation is 2. The Morgan fingerprint density at radius 2 is 1.95 bits per heavy atom. The van der Waals surface area contributed by atoms with E-state index in [0.717, 1.165) is 17.7 Å². The molecule has 0 saturated heterocycles. The van der Waals surface area contributed by atoms with E-state index in [1.807, 2.05) is 27.7 Å². The van der Waals surface area contributed by atoms with Gasteiger partial charge in [0.05, 0.1) is 0 Å². The predicted molar refractivity (Wildman–Crippen MR) is 88.4 cm³/mol. The molecule has 5 nitrogen and oxygen atoms in total. The topological polar surface area (TPSA) is 66.9 Å². The first-order valence-electron chi connectivity index (χ1n) is 7.48. The summed E-state index contributed by atoms with van der Waals surface area (Å²) in [6.07, 6.45) is 0.880. The van der Waals surface area contributed by atoms with Gasteiger partial charge in [0, 0.05) is 11.7 Å². The fraction of sp³-hybridized carbons (Fsp3) is 0.353. The molecule has 0 radical (unpaired) electrons. The predicted octanol–water partition coefficient (Wildman–Crippen LogP) is 3.37. The Labute approximate surface area is 131 Å². The molecule has 2 aromatic rings. The number of benzene rings is 1. The van der Waals surface area contributed by atoms with E-state index in [2.05, 4.69) is 39.0 Å². The number of carbonyl (C=O) groups excluding carboxylic acids is 1. The highest BCUT2D eigenvalue weighted by Crippen LogP contribution is 2.20. The second kappa shape index (κ2) is 7.02.